The van der Waals surface area contributed by atoms with E-state index in [1.165, 1.54) is 38.9 Å². The van der Waals surface area contributed by atoms with E-state index in [0.717, 1.165) is 24.4 Å². The molecule has 0 bridgehead atoms. The summed E-state index contributed by atoms with van der Waals surface area (Å²) in [6.45, 7) is 14.2. The van der Waals surface area contributed by atoms with Gasteiger partial charge in [0.2, 0.25) is 0 Å². The first kappa shape index (κ1) is 14.0. The first-order valence-electron chi connectivity index (χ1n) is 7.04. The van der Waals surface area contributed by atoms with Gasteiger partial charge in [-0.15, -0.1) is 0 Å². The normalized spacial score (nSPS) is 22.5. The molecule has 0 aromatic carbocycles. The van der Waals surface area contributed by atoms with E-state index in [0.29, 0.717) is 0 Å². The van der Waals surface area contributed by atoms with Crippen LogP contribution in [0.15, 0.2) is 0 Å². The fourth-order valence-corrected chi connectivity index (χ4v) is 2.38. The van der Waals surface area contributed by atoms with E-state index in [-0.39, 0.29) is 0 Å². The molecule has 1 aliphatic rings. The van der Waals surface area contributed by atoms with E-state index in [2.05, 4.69) is 37.9 Å². The SMILES string of the molecule is CC(C)CCN1CCCC1CNCC(C)C. The van der Waals surface area contributed by atoms with E-state index in [4.69, 9.17) is 0 Å². The van der Waals surface area contributed by atoms with Crippen LogP contribution < -0.4 is 5.32 Å². The van der Waals surface area contributed by atoms with Gasteiger partial charge in [-0.3, -0.25) is 4.90 Å². The van der Waals surface area contributed by atoms with Crippen molar-refractivity contribution in [3.05, 3.63) is 0 Å². The molecule has 1 saturated heterocycles. The third-order valence-electron chi connectivity index (χ3n) is 3.43. The monoisotopic (exact) mass is 226 g/mol. The van der Waals surface area contributed by atoms with Gasteiger partial charge in [-0.05, 0) is 50.7 Å². The minimum atomic E-state index is 0.769. The summed E-state index contributed by atoms with van der Waals surface area (Å²) >= 11 is 0. The van der Waals surface area contributed by atoms with Crippen LogP contribution >= 0.6 is 0 Å². The third kappa shape index (κ3) is 5.31. The molecule has 0 aromatic rings. The highest BCUT2D eigenvalue weighted by Crippen LogP contribution is 2.17. The van der Waals surface area contributed by atoms with Crippen LogP contribution in [0.1, 0.15) is 47.0 Å². The van der Waals surface area contributed by atoms with E-state index >= 15 is 0 Å². The maximum Gasteiger partial charge on any atom is 0.0221 e. The number of hydrogen-bond acceptors (Lipinski definition) is 2. The van der Waals surface area contributed by atoms with E-state index < -0.39 is 0 Å². The third-order valence-corrected chi connectivity index (χ3v) is 3.43. The van der Waals surface area contributed by atoms with Crippen molar-refractivity contribution in [3.63, 3.8) is 0 Å². The summed E-state index contributed by atoms with van der Waals surface area (Å²) in [5.74, 6) is 1.61. The molecule has 16 heavy (non-hydrogen) atoms. The molecular weight excluding hydrogens is 196 g/mol. The molecule has 2 nitrogen and oxygen atoms in total. The van der Waals surface area contributed by atoms with Crippen LogP contribution in [0.5, 0.6) is 0 Å². The Morgan fingerprint density at radius 2 is 1.94 bits per heavy atom. The van der Waals surface area contributed by atoms with Crippen molar-refractivity contribution in [3.8, 4) is 0 Å². The Morgan fingerprint density at radius 1 is 1.19 bits per heavy atom. The van der Waals surface area contributed by atoms with Gasteiger partial charge in [-0.25, -0.2) is 0 Å². The highest BCUT2D eigenvalue weighted by Gasteiger charge is 2.23. The number of nitrogens with one attached hydrogen (secondary N) is 1. The minimum absolute atomic E-state index is 0.769. The number of nitrogens with zero attached hydrogens (tertiary/aromatic N) is 1. The predicted octanol–water partition coefficient (Wildman–Crippen LogP) is 2.74. The smallest absolute Gasteiger partial charge is 0.0221 e. The number of likely N-dealkylation sites (tertiary alicyclic amines) is 1. The molecule has 0 radical (unpaired) electrons. The minimum Gasteiger partial charge on any atom is -0.315 e. The Labute approximate surface area is 102 Å². The molecule has 1 unspecified atom stereocenters. The van der Waals surface area contributed by atoms with Crippen molar-refractivity contribution < 1.29 is 0 Å². The molecule has 0 aliphatic carbocycles. The van der Waals surface area contributed by atoms with Crippen LogP contribution in [0, 0.1) is 11.8 Å². The van der Waals surface area contributed by atoms with Gasteiger partial charge in [0.05, 0.1) is 0 Å². The van der Waals surface area contributed by atoms with Gasteiger partial charge in [0.25, 0.3) is 0 Å². The zero-order valence-electron chi connectivity index (χ0n) is 11.6. The highest BCUT2D eigenvalue weighted by atomic mass is 15.2. The Balaban J connectivity index is 2.18. The number of hydrogen-bond donors (Lipinski definition) is 1. The van der Waals surface area contributed by atoms with Crippen molar-refractivity contribution in [1.29, 1.82) is 0 Å². The van der Waals surface area contributed by atoms with Crippen LogP contribution in [-0.2, 0) is 0 Å². The summed E-state index contributed by atoms with van der Waals surface area (Å²) in [5, 5.41) is 3.60. The summed E-state index contributed by atoms with van der Waals surface area (Å²) in [6.07, 6.45) is 4.13. The molecule has 1 rings (SSSR count). The largest absolute Gasteiger partial charge is 0.315 e. The van der Waals surface area contributed by atoms with Gasteiger partial charge in [0.1, 0.15) is 0 Å². The zero-order chi connectivity index (χ0) is 12.0. The first-order chi connectivity index (χ1) is 7.59. The molecule has 2 heteroatoms. The molecule has 0 spiro atoms. The molecule has 1 heterocycles. The summed E-state index contributed by atoms with van der Waals surface area (Å²) in [6, 6.07) is 0.803. The second kappa shape index (κ2) is 7.29. The van der Waals surface area contributed by atoms with Gasteiger partial charge in [0.15, 0.2) is 0 Å². The highest BCUT2D eigenvalue weighted by molar-refractivity contribution is 4.81. The van der Waals surface area contributed by atoms with Gasteiger partial charge in [-0.2, -0.15) is 0 Å². The van der Waals surface area contributed by atoms with Crippen molar-refractivity contribution in [1.82, 2.24) is 10.2 Å². The first-order valence-corrected chi connectivity index (χ1v) is 7.04. The molecule has 0 amide bonds. The molecule has 1 aliphatic heterocycles. The predicted molar refractivity (Wildman–Crippen MR) is 71.8 cm³/mol. The molecule has 1 atom stereocenters. The fourth-order valence-electron chi connectivity index (χ4n) is 2.38. The Morgan fingerprint density at radius 3 is 2.56 bits per heavy atom. The van der Waals surface area contributed by atoms with E-state index in [1.54, 1.807) is 0 Å². The van der Waals surface area contributed by atoms with Crippen LogP contribution in [-0.4, -0.2) is 37.1 Å². The summed E-state index contributed by atoms with van der Waals surface area (Å²) in [7, 11) is 0. The van der Waals surface area contributed by atoms with Crippen LogP contribution in [0.4, 0.5) is 0 Å². The second-order valence-corrected chi connectivity index (χ2v) is 6.07. The van der Waals surface area contributed by atoms with E-state index in [9.17, 15) is 0 Å². The van der Waals surface area contributed by atoms with Gasteiger partial charge >= 0.3 is 0 Å². The fraction of sp³-hybridized carbons (Fsp3) is 1.00. The molecule has 1 fully saturated rings. The summed E-state index contributed by atoms with van der Waals surface area (Å²) in [4.78, 5) is 2.69. The molecule has 0 saturated carbocycles. The van der Waals surface area contributed by atoms with Gasteiger partial charge in [0, 0.05) is 12.6 Å². The van der Waals surface area contributed by atoms with Gasteiger partial charge < -0.3 is 5.32 Å². The Hall–Kier alpha value is -0.0800. The molecule has 0 aromatic heterocycles. The Kier molecular flexibility index (Phi) is 6.37. The second-order valence-electron chi connectivity index (χ2n) is 6.07. The molecule has 1 N–H and O–H groups in total. The van der Waals surface area contributed by atoms with Crippen LogP contribution in [0.2, 0.25) is 0 Å². The topological polar surface area (TPSA) is 15.3 Å². The number of rotatable bonds is 7. The lowest BCUT2D eigenvalue weighted by molar-refractivity contribution is 0.232. The average molecular weight is 226 g/mol. The van der Waals surface area contributed by atoms with Crippen molar-refractivity contribution in [2.45, 2.75) is 53.0 Å². The lowest BCUT2D eigenvalue weighted by atomic mass is 10.1. The molecule has 96 valence electrons. The molecular formula is C14H30N2. The van der Waals surface area contributed by atoms with Crippen molar-refractivity contribution in [2.75, 3.05) is 26.2 Å². The van der Waals surface area contributed by atoms with Crippen LogP contribution in [0.25, 0.3) is 0 Å². The quantitative estimate of drug-likeness (QED) is 0.718. The van der Waals surface area contributed by atoms with Crippen LogP contribution in [0.3, 0.4) is 0 Å². The lowest BCUT2D eigenvalue weighted by Crippen LogP contribution is -2.39. The maximum atomic E-state index is 3.60. The zero-order valence-corrected chi connectivity index (χ0v) is 11.6. The van der Waals surface area contributed by atoms with Gasteiger partial charge in [-0.1, -0.05) is 27.7 Å². The Bertz CT molecular complexity index is 178. The summed E-state index contributed by atoms with van der Waals surface area (Å²) < 4.78 is 0. The maximum absolute atomic E-state index is 3.60. The average Bonchev–Trinajstić information content (AvgIpc) is 2.62. The summed E-state index contributed by atoms with van der Waals surface area (Å²) in [5.41, 5.74) is 0. The van der Waals surface area contributed by atoms with Crippen molar-refractivity contribution in [2.24, 2.45) is 11.8 Å². The van der Waals surface area contributed by atoms with Crippen molar-refractivity contribution >= 4 is 0 Å². The van der Waals surface area contributed by atoms with E-state index in [1.807, 2.05) is 0 Å². The lowest BCUT2D eigenvalue weighted by Gasteiger charge is -2.25. The standard InChI is InChI=1S/C14H30N2/c1-12(2)7-9-16-8-5-6-14(16)11-15-10-13(3)4/h12-15H,5-11H2,1-4H3.